The molecule has 0 aliphatic rings. The first kappa shape index (κ1) is 14.7. The van der Waals surface area contributed by atoms with E-state index in [4.69, 9.17) is 0 Å². The van der Waals surface area contributed by atoms with Gasteiger partial charge in [0.15, 0.2) is 0 Å². The molecule has 0 radical (unpaired) electrons. The minimum Gasteiger partial charge on any atom is -0.478 e. The average molecular weight is 310 g/mol. The predicted molar refractivity (Wildman–Crippen MR) is 80.2 cm³/mol. The van der Waals surface area contributed by atoms with Gasteiger partial charge in [-0.25, -0.2) is 9.78 Å². The summed E-state index contributed by atoms with van der Waals surface area (Å²) >= 11 is 2.54. The fourth-order valence-electron chi connectivity index (χ4n) is 2.00. The molecule has 0 fully saturated rings. The molecule has 106 valence electrons. The highest BCUT2D eigenvalue weighted by Crippen LogP contribution is 2.34. The standard InChI is InChI=1S/C13H14N2O3S2/c1-4-8-7(3)20-12(9(8)13(17)18)15-11(16)10-6(2)14-5-19-10/h5H,4H2,1-3H3,(H,15,16)(H,17,18). The molecule has 0 atom stereocenters. The Morgan fingerprint density at radius 2 is 2.10 bits per heavy atom. The van der Waals surface area contributed by atoms with Gasteiger partial charge >= 0.3 is 5.97 Å². The Bertz CT molecular complexity index is 673. The largest absolute Gasteiger partial charge is 0.478 e. The smallest absolute Gasteiger partial charge is 0.339 e. The molecule has 0 saturated carbocycles. The lowest BCUT2D eigenvalue weighted by molar-refractivity contribution is 0.0697. The zero-order valence-corrected chi connectivity index (χ0v) is 12.9. The van der Waals surface area contributed by atoms with Crippen LogP contribution < -0.4 is 5.32 Å². The highest BCUT2D eigenvalue weighted by atomic mass is 32.1. The third kappa shape index (κ3) is 2.59. The summed E-state index contributed by atoms with van der Waals surface area (Å²) in [5.41, 5.74) is 3.22. The van der Waals surface area contributed by atoms with Crippen molar-refractivity contribution in [3.8, 4) is 0 Å². The Morgan fingerprint density at radius 1 is 1.40 bits per heavy atom. The third-order valence-electron chi connectivity index (χ3n) is 2.96. The van der Waals surface area contributed by atoms with E-state index in [1.165, 1.54) is 22.7 Å². The van der Waals surface area contributed by atoms with E-state index in [9.17, 15) is 14.7 Å². The molecule has 1 amide bonds. The maximum atomic E-state index is 12.2. The number of aromatic nitrogens is 1. The SMILES string of the molecule is CCc1c(C)sc(NC(=O)c2scnc2C)c1C(=O)O. The van der Waals surface area contributed by atoms with Gasteiger partial charge in [-0.1, -0.05) is 6.92 Å². The molecule has 0 aliphatic heterocycles. The van der Waals surface area contributed by atoms with Crippen molar-refractivity contribution in [3.05, 3.63) is 32.1 Å². The average Bonchev–Trinajstić information content (AvgIpc) is 2.92. The number of aromatic carboxylic acids is 1. The van der Waals surface area contributed by atoms with Gasteiger partial charge < -0.3 is 10.4 Å². The van der Waals surface area contributed by atoms with E-state index in [1.54, 1.807) is 12.4 Å². The normalized spacial score (nSPS) is 10.6. The van der Waals surface area contributed by atoms with Gasteiger partial charge in [-0.15, -0.1) is 22.7 Å². The van der Waals surface area contributed by atoms with Crippen LogP contribution in [0.1, 0.15) is 43.1 Å². The molecule has 0 aromatic carbocycles. The van der Waals surface area contributed by atoms with E-state index in [-0.39, 0.29) is 11.5 Å². The monoisotopic (exact) mass is 310 g/mol. The highest BCUT2D eigenvalue weighted by Gasteiger charge is 2.23. The van der Waals surface area contributed by atoms with Crippen molar-refractivity contribution in [1.29, 1.82) is 0 Å². The minimum atomic E-state index is -1.01. The van der Waals surface area contributed by atoms with Gasteiger partial charge in [0.1, 0.15) is 9.88 Å². The van der Waals surface area contributed by atoms with Gasteiger partial charge in [0.25, 0.3) is 5.91 Å². The molecule has 2 aromatic rings. The second-order valence-electron chi connectivity index (χ2n) is 4.22. The Morgan fingerprint density at radius 3 is 2.60 bits per heavy atom. The maximum Gasteiger partial charge on any atom is 0.339 e. The van der Waals surface area contributed by atoms with Gasteiger partial charge in [-0.3, -0.25) is 4.79 Å². The fraction of sp³-hybridized carbons (Fsp3) is 0.308. The quantitative estimate of drug-likeness (QED) is 0.907. The number of amides is 1. The molecule has 20 heavy (non-hydrogen) atoms. The molecule has 2 rings (SSSR count). The van der Waals surface area contributed by atoms with Crippen LogP contribution in [-0.2, 0) is 6.42 Å². The lowest BCUT2D eigenvalue weighted by atomic mass is 10.1. The summed E-state index contributed by atoms with van der Waals surface area (Å²) in [4.78, 5) is 29.0. The first-order chi connectivity index (χ1) is 9.45. The number of thiophene rings is 1. The van der Waals surface area contributed by atoms with E-state index >= 15 is 0 Å². The predicted octanol–water partition coefficient (Wildman–Crippen LogP) is 3.33. The molecule has 2 N–H and O–H groups in total. The molecule has 2 heterocycles. The zero-order chi connectivity index (χ0) is 14.9. The summed E-state index contributed by atoms with van der Waals surface area (Å²) in [6.45, 7) is 5.52. The summed E-state index contributed by atoms with van der Waals surface area (Å²) in [7, 11) is 0. The molecule has 0 unspecified atom stereocenters. The number of carboxylic acid groups (broad SMARTS) is 1. The summed E-state index contributed by atoms with van der Waals surface area (Å²) < 4.78 is 0. The Balaban J connectivity index is 2.37. The highest BCUT2D eigenvalue weighted by molar-refractivity contribution is 7.17. The lowest BCUT2D eigenvalue weighted by Crippen LogP contribution is -2.13. The number of thiazole rings is 1. The molecule has 0 bridgehead atoms. The second kappa shape index (κ2) is 5.72. The van der Waals surface area contributed by atoms with Crippen LogP contribution in [0.25, 0.3) is 0 Å². The van der Waals surface area contributed by atoms with Crippen molar-refractivity contribution in [2.24, 2.45) is 0 Å². The van der Waals surface area contributed by atoms with E-state index in [0.29, 0.717) is 22.0 Å². The van der Waals surface area contributed by atoms with Crippen LogP contribution in [0.2, 0.25) is 0 Å². The second-order valence-corrected chi connectivity index (χ2v) is 6.30. The maximum absolute atomic E-state index is 12.2. The van der Waals surface area contributed by atoms with Crippen molar-refractivity contribution >= 4 is 39.6 Å². The fourth-order valence-corrected chi connectivity index (χ4v) is 3.83. The molecular weight excluding hydrogens is 296 g/mol. The van der Waals surface area contributed by atoms with E-state index in [1.807, 2.05) is 13.8 Å². The number of nitrogens with one attached hydrogen (secondary N) is 1. The van der Waals surface area contributed by atoms with Crippen LogP contribution in [0, 0.1) is 13.8 Å². The number of carbonyl (C=O) groups is 2. The number of carbonyl (C=O) groups excluding carboxylic acids is 1. The van der Waals surface area contributed by atoms with Crippen LogP contribution in [-0.4, -0.2) is 22.0 Å². The van der Waals surface area contributed by atoms with Crippen molar-refractivity contribution in [1.82, 2.24) is 4.98 Å². The summed E-state index contributed by atoms with van der Waals surface area (Å²) in [6, 6.07) is 0. The molecule has 0 aliphatic carbocycles. The Kier molecular flexibility index (Phi) is 4.20. The number of hydrogen-bond donors (Lipinski definition) is 2. The first-order valence-corrected chi connectivity index (χ1v) is 7.72. The summed E-state index contributed by atoms with van der Waals surface area (Å²) in [5.74, 6) is -1.32. The van der Waals surface area contributed by atoms with E-state index in [2.05, 4.69) is 10.3 Å². The summed E-state index contributed by atoms with van der Waals surface area (Å²) in [5, 5.41) is 12.4. The van der Waals surface area contributed by atoms with Gasteiger partial charge in [0, 0.05) is 4.88 Å². The van der Waals surface area contributed by atoms with Crippen LogP contribution in [0.3, 0.4) is 0 Å². The number of nitrogens with zero attached hydrogens (tertiary/aromatic N) is 1. The molecular formula is C13H14N2O3S2. The van der Waals surface area contributed by atoms with Crippen molar-refractivity contribution in [2.75, 3.05) is 5.32 Å². The molecule has 0 spiro atoms. The molecule has 5 nitrogen and oxygen atoms in total. The van der Waals surface area contributed by atoms with Crippen LogP contribution in [0.4, 0.5) is 5.00 Å². The number of hydrogen-bond acceptors (Lipinski definition) is 5. The minimum absolute atomic E-state index is 0.200. The summed E-state index contributed by atoms with van der Waals surface area (Å²) in [6.07, 6.45) is 0.624. The molecule has 0 saturated heterocycles. The zero-order valence-electron chi connectivity index (χ0n) is 11.3. The Hall–Kier alpha value is -1.73. The number of aryl methyl sites for hydroxylation is 2. The number of rotatable bonds is 4. The van der Waals surface area contributed by atoms with Crippen LogP contribution in [0.15, 0.2) is 5.51 Å². The topological polar surface area (TPSA) is 79.3 Å². The van der Waals surface area contributed by atoms with Crippen molar-refractivity contribution in [2.45, 2.75) is 27.2 Å². The van der Waals surface area contributed by atoms with E-state index < -0.39 is 5.97 Å². The first-order valence-electron chi connectivity index (χ1n) is 6.02. The van der Waals surface area contributed by atoms with Gasteiger partial charge in [0.2, 0.25) is 0 Å². The third-order valence-corrected chi connectivity index (χ3v) is 4.95. The molecule has 2 aromatic heterocycles. The van der Waals surface area contributed by atoms with E-state index in [0.717, 1.165) is 10.4 Å². The van der Waals surface area contributed by atoms with Gasteiger partial charge in [-0.2, -0.15) is 0 Å². The molecule has 7 heteroatoms. The van der Waals surface area contributed by atoms with Crippen LogP contribution in [0.5, 0.6) is 0 Å². The van der Waals surface area contributed by atoms with Crippen molar-refractivity contribution < 1.29 is 14.7 Å². The van der Waals surface area contributed by atoms with Crippen molar-refractivity contribution in [3.63, 3.8) is 0 Å². The Labute approximate surface area is 124 Å². The number of anilines is 1. The van der Waals surface area contributed by atoms with Crippen LogP contribution >= 0.6 is 22.7 Å². The number of carboxylic acids is 1. The van der Waals surface area contributed by atoms with Gasteiger partial charge in [-0.05, 0) is 25.8 Å². The van der Waals surface area contributed by atoms with Gasteiger partial charge in [0.05, 0.1) is 16.8 Å². The lowest BCUT2D eigenvalue weighted by Gasteiger charge is -2.04.